The summed E-state index contributed by atoms with van der Waals surface area (Å²) in [5.41, 5.74) is 2.19. The van der Waals surface area contributed by atoms with E-state index in [1.54, 1.807) is 0 Å². The van der Waals surface area contributed by atoms with Gasteiger partial charge in [-0.15, -0.1) is 0 Å². The Bertz CT molecular complexity index is 383. The number of hydrogen-bond donors (Lipinski definition) is 1. The lowest BCUT2D eigenvalue weighted by Gasteiger charge is -2.27. The average Bonchev–Trinajstić information content (AvgIpc) is 2.40. The molecule has 0 aromatic heterocycles. The van der Waals surface area contributed by atoms with Crippen LogP contribution in [0.5, 0.6) is 0 Å². The van der Waals surface area contributed by atoms with E-state index in [0.717, 1.165) is 31.6 Å². The van der Waals surface area contributed by atoms with Crippen LogP contribution < -0.4 is 10.2 Å². The topological polar surface area (TPSA) is 15.3 Å². The normalized spacial score (nSPS) is 13.3. The largest absolute Gasteiger partial charge is 0.372 e. The highest BCUT2D eigenvalue weighted by atomic mass is 35.6. The van der Waals surface area contributed by atoms with E-state index in [1.807, 2.05) is 12.1 Å². The number of nitrogens with one attached hydrogen (secondary N) is 1. The van der Waals surface area contributed by atoms with Gasteiger partial charge in [0.2, 0.25) is 3.79 Å². The van der Waals surface area contributed by atoms with Crippen LogP contribution in [0.2, 0.25) is 0 Å². The van der Waals surface area contributed by atoms with E-state index < -0.39 is 3.79 Å². The highest BCUT2D eigenvalue weighted by Gasteiger charge is 2.33. The number of benzene rings is 1. The van der Waals surface area contributed by atoms with E-state index in [9.17, 15) is 0 Å². The highest BCUT2D eigenvalue weighted by molar-refractivity contribution is 6.68. The third kappa shape index (κ3) is 5.00. The van der Waals surface area contributed by atoms with Gasteiger partial charge >= 0.3 is 0 Å². The summed E-state index contributed by atoms with van der Waals surface area (Å²) >= 11 is 18.3. The van der Waals surface area contributed by atoms with Crippen LogP contribution in [0.1, 0.15) is 38.8 Å². The quantitative estimate of drug-likeness (QED) is 0.709. The first-order valence-corrected chi connectivity index (χ1v) is 8.22. The Morgan fingerprint density at radius 3 is 2.00 bits per heavy atom. The van der Waals surface area contributed by atoms with Crippen LogP contribution in [-0.4, -0.2) is 23.4 Å². The molecule has 0 radical (unpaired) electrons. The molecule has 0 saturated carbocycles. The zero-order valence-electron chi connectivity index (χ0n) is 12.3. The standard InChI is InChI=1S/C15H23Cl3N2/c1-4-11-19-14(15(16,17)18)12-7-9-13(10-8-12)20(5-2)6-3/h7-10,14,19H,4-6,11H2,1-3H3/t14-/m0/s1. The van der Waals surface area contributed by atoms with Crippen molar-refractivity contribution in [3.05, 3.63) is 29.8 Å². The summed E-state index contributed by atoms with van der Waals surface area (Å²) < 4.78 is -1.36. The van der Waals surface area contributed by atoms with Gasteiger partial charge in [-0.05, 0) is 44.5 Å². The summed E-state index contributed by atoms with van der Waals surface area (Å²) in [7, 11) is 0. The van der Waals surface area contributed by atoms with Gasteiger partial charge in [0.25, 0.3) is 0 Å². The molecule has 0 amide bonds. The minimum absolute atomic E-state index is 0.293. The van der Waals surface area contributed by atoms with Crippen LogP contribution in [0.25, 0.3) is 0 Å². The average molecular weight is 338 g/mol. The summed E-state index contributed by atoms with van der Waals surface area (Å²) in [6.07, 6.45) is 0.995. The number of nitrogens with zero attached hydrogens (tertiary/aromatic N) is 1. The van der Waals surface area contributed by atoms with Gasteiger partial charge in [0, 0.05) is 18.8 Å². The minimum Gasteiger partial charge on any atom is -0.372 e. The fraction of sp³-hybridized carbons (Fsp3) is 0.600. The van der Waals surface area contributed by atoms with E-state index in [-0.39, 0.29) is 6.04 Å². The molecule has 5 heteroatoms. The lowest BCUT2D eigenvalue weighted by atomic mass is 10.1. The molecule has 1 N–H and O–H groups in total. The molecule has 1 aromatic carbocycles. The Balaban J connectivity index is 2.93. The molecule has 1 rings (SSSR count). The predicted octanol–water partition coefficient (Wildman–Crippen LogP) is 4.94. The zero-order chi connectivity index (χ0) is 15.2. The number of hydrogen-bond acceptors (Lipinski definition) is 2. The number of rotatable bonds is 7. The first kappa shape index (κ1) is 17.9. The van der Waals surface area contributed by atoms with Gasteiger partial charge in [-0.25, -0.2) is 0 Å². The van der Waals surface area contributed by atoms with Gasteiger partial charge in [-0.2, -0.15) is 0 Å². The number of halogens is 3. The maximum Gasteiger partial charge on any atom is 0.209 e. The van der Waals surface area contributed by atoms with Crippen LogP contribution in [-0.2, 0) is 0 Å². The van der Waals surface area contributed by atoms with Gasteiger partial charge in [-0.3, -0.25) is 0 Å². The van der Waals surface area contributed by atoms with Gasteiger partial charge in [0.05, 0.1) is 6.04 Å². The van der Waals surface area contributed by atoms with E-state index >= 15 is 0 Å². The SMILES string of the molecule is CCCN[C@@H](c1ccc(N(CC)CC)cc1)C(Cl)(Cl)Cl. The Morgan fingerprint density at radius 1 is 1.05 bits per heavy atom. The van der Waals surface area contributed by atoms with Crippen LogP contribution >= 0.6 is 34.8 Å². The van der Waals surface area contributed by atoms with E-state index in [1.165, 1.54) is 5.69 Å². The molecule has 0 saturated heterocycles. The molecule has 1 atom stereocenters. The molecular formula is C15H23Cl3N2. The molecule has 0 bridgehead atoms. The molecule has 114 valence electrons. The Hall–Kier alpha value is -0.150. The molecule has 1 aromatic rings. The van der Waals surface area contributed by atoms with Crippen LogP contribution in [0.15, 0.2) is 24.3 Å². The van der Waals surface area contributed by atoms with Crippen molar-refractivity contribution >= 4 is 40.5 Å². The fourth-order valence-corrected chi connectivity index (χ4v) is 2.79. The molecule has 0 heterocycles. The van der Waals surface area contributed by atoms with Gasteiger partial charge in [0.1, 0.15) is 0 Å². The zero-order valence-corrected chi connectivity index (χ0v) is 14.6. The second-order valence-electron chi connectivity index (χ2n) is 4.69. The molecule has 0 unspecified atom stereocenters. The van der Waals surface area contributed by atoms with Crippen LogP contribution in [0.3, 0.4) is 0 Å². The second kappa shape index (κ2) is 8.33. The molecule has 0 aliphatic rings. The van der Waals surface area contributed by atoms with Gasteiger partial charge in [-0.1, -0.05) is 53.9 Å². The summed E-state index contributed by atoms with van der Waals surface area (Å²) in [6.45, 7) is 9.16. The van der Waals surface area contributed by atoms with Gasteiger partial charge < -0.3 is 10.2 Å². The van der Waals surface area contributed by atoms with Crippen molar-refractivity contribution < 1.29 is 0 Å². The second-order valence-corrected chi connectivity index (χ2v) is 7.06. The molecule has 0 aliphatic carbocycles. The van der Waals surface area contributed by atoms with Crippen molar-refractivity contribution in [1.29, 1.82) is 0 Å². The third-order valence-corrected chi connectivity index (χ3v) is 3.94. The van der Waals surface area contributed by atoms with Gasteiger partial charge in [0.15, 0.2) is 0 Å². The summed E-state index contributed by atoms with van der Waals surface area (Å²) in [4.78, 5) is 2.29. The Morgan fingerprint density at radius 2 is 1.60 bits per heavy atom. The lowest BCUT2D eigenvalue weighted by molar-refractivity contribution is 0.539. The van der Waals surface area contributed by atoms with Crippen LogP contribution in [0, 0.1) is 0 Å². The fourth-order valence-electron chi connectivity index (χ4n) is 2.18. The Kier molecular flexibility index (Phi) is 7.46. The van der Waals surface area contributed by atoms with E-state index in [4.69, 9.17) is 34.8 Å². The van der Waals surface area contributed by atoms with Crippen molar-refractivity contribution in [2.75, 3.05) is 24.5 Å². The summed E-state index contributed by atoms with van der Waals surface area (Å²) in [5, 5.41) is 3.29. The smallest absolute Gasteiger partial charge is 0.209 e. The summed E-state index contributed by atoms with van der Waals surface area (Å²) in [6, 6.07) is 7.93. The summed E-state index contributed by atoms with van der Waals surface area (Å²) in [5.74, 6) is 0. The Labute approximate surface area is 137 Å². The molecule has 2 nitrogen and oxygen atoms in total. The van der Waals surface area contributed by atoms with Crippen molar-refractivity contribution in [2.24, 2.45) is 0 Å². The van der Waals surface area contributed by atoms with E-state index in [2.05, 4.69) is 43.1 Å². The molecule has 0 spiro atoms. The predicted molar refractivity (Wildman–Crippen MR) is 91.3 cm³/mol. The number of alkyl halides is 3. The first-order valence-electron chi connectivity index (χ1n) is 7.09. The first-order chi connectivity index (χ1) is 9.43. The minimum atomic E-state index is -1.36. The molecular weight excluding hydrogens is 315 g/mol. The number of anilines is 1. The van der Waals surface area contributed by atoms with E-state index in [0.29, 0.717) is 0 Å². The lowest BCUT2D eigenvalue weighted by Crippen LogP contribution is -2.32. The molecule has 20 heavy (non-hydrogen) atoms. The molecule has 0 aliphatic heterocycles. The maximum absolute atomic E-state index is 6.08. The highest BCUT2D eigenvalue weighted by Crippen LogP contribution is 2.40. The monoisotopic (exact) mass is 336 g/mol. The third-order valence-electron chi connectivity index (χ3n) is 3.28. The van der Waals surface area contributed by atoms with Crippen molar-refractivity contribution in [3.8, 4) is 0 Å². The van der Waals surface area contributed by atoms with Crippen LogP contribution in [0.4, 0.5) is 5.69 Å². The maximum atomic E-state index is 6.08. The van der Waals surface area contributed by atoms with Crippen molar-refractivity contribution in [3.63, 3.8) is 0 Å². The molecule has 0 fully saturated rings. The van der Waals surface area contributed by atoms with Crippen molar-refractivity contribution in [1.82, 2.24) is 5.32 Å². The van der Waals surface area contributed by atoms with Crippen molar-refractivity contribution in [2.45, 2.75) is 37.0 Å².